The molecule has 76 valence electrons. The van der Waals surface area contributed by atoms with E-state index in [9.17, 15) is 9.59 Å². The Bertz CT molecular complexity index is 574. The molecule has 0 fully saturated rings. The molecule has 2 rings (SSSR count). The number of carbonyl (C=O) groups is 1. The van der Waals surface area contributed by atoms with Gasteiger partial charge in [-0.3, -0.25) is 9.59 Å². The molecule has 1 aromatic heterocycles. The van der Waals surface area contributed by atoms with Crippen molar-refractivity contribution >= 4 is 16.8 Å². The summed E-state index contributed by atoms with van der Waals surface area (Å²) in [4.78, 5) is 29.3. The van der Waals surface area contributed by atoms with E-state index in [1.165, 1.54) is 7.05 Å². The third kappa shape index (κ3) is 1.59. The van der Waals surface area contributed by atoms with E-state index in [1.54, 1.807) is 24.3 Å². The molecule has 0 spiro atoms. The average molecular weight is 203 g/mol. The first-order valence-electron chi connectivity index (χ1n) is 4.43. The second-order valence-electron chi connectivity index (χ2n) is 3.01. The topological polar surface area (TPSA) is 74.8 Å². The molecule has 0 saturated carbocycles. The van der Waals surface area contributed by atoms with Crippen molar-refractivity contribution in [1.29, 1.82) is 0 Å². The molecule has 5 heteroatoms. The molecule has 0 radical (unpaired) electrons. The maximum Gasteiger partial charge on any atom is 0.286 e. The second-order valence-corrected chi connectivity index (χ2v) is 3.01. The van der Waals surface area contributed by atoms with E-state index in [2.05, 4.69) is 15.3 Å². The van der Waals surface area contributed by atoms with Crippen LogP contribution in [0.4, 0.5) is 0 Å². The van der Waals surface area contributed by atoms with Crippen LogP contribution in [0.5, 0.6) is 0 Å². The Morgan fingerprint density at radius 2 is 2.13 bits per heavy atom. The lowest BCUT2D eigenvalue weighted by atomic mass is 10.2. The van der Waals surface area contributed by atoms with Gasteiger partial charge in [-0.05, 0) is 12.1 Å². The van der Waals surface area contributed by atoms with Crippen LogP contribution < -0.4 is 10.9 Å². The third-order valence-corrected chi connectivity index (χ3v) is 2.06. The van der Waals surface area contributed by atoms with E-state index in [-0.39, 0.29) is 11.4 Å². The van der Waals surface area contributed by atoms with E-state index < -0.39 is 5.91 Å². The minimum Gasteiger partial charge on any atom is -0.352 e. The van der Waals surface area contributed by atoms with Gasteiger partial charge in [0.2, 0.25) is 0 Å². The average Bonchev–Trinajstić information content (AvgIpc) is 2.28. The van der Waals surface area contributed by atoms with Crippen LogP contribution in [0.3, 0.4) is 0 Å². The zero-order chi connectivity index (χ0) is 10.8. The number of aromatic nitrogens is 2. The summed E-state index contributed by atoms with van der Waals surface area (Å²) in [5.74, 6) is -0.376. The van der Waals surface area contributed by atoms with Crippen LogP contribution in [0.1, 0.15) is 10.6 Å². The lowest BCUT2D eigenvalue weighted by molar-refractivity contribution is 0.0953. The molecule has 2 aromatic rings. The van der Waals surface area contributed by atoms with Gasteiger partial charge in [0.25, 0.3) is 11.5 Å². The minimum absolute atomic E-state index is 0.0289. The van der Waals surface area contributed by atoms with Gasteiger partial charge in [0.1, 0.15) is 0 Å². The van der Waals surface area contributed by atoms with E-state index in [1.807, 2.05) is 0 Å². The number of nitrogens with zero attached hydrogens (tertiary/aromatic N) is 1. The first kappa shape index (κ1) is 9.39. The lowest BCUT2D eigenvalue weighted by Gasteiger charge is -2.00. The number of carbonyl (C=O) groups excluding carboxylic acids is 1. The van der Waals surface area contributed by atoms with Crippen LogP contribution >= 0.6 is 0 Å². The summed E-state index contributed by atoms with van der Waals surface area (Å²) in [6.07, 6.45) is 0. The van der Waals surface area contributed by atoms with Gasteiger partial charge in [-0.15, -0.1) is 0 Å². The highest BCUT2D eigenvalue weighted by molar-refractivity contribution is 5.92. The molecule has 0 atom stereocenters. The minimum atomic E-state index is -0.405. The van der Waals surface area contributed by atoms with Crippen LogP contribution in [-0.2, 0) is 0 Å². The second kappa shape index (κ2) is 3.53. The summed E-state index contributed by atoms with van der Waals surface area (Å²) >= 11 is 0. The molecule has 0 unspecified atom stereocenters. The first-order chi connectivity index (χ1) is 7.22. The van der Waals surface area contributed by atoms with Gasteiger partial charge in [-0.25, -0.2) is 4.98 Å². The summed E-state index contributed by atoms with van der Waals surface area (Å²) in [6.45, 7) is 0. The number of hydrogen-bond acceptors (Lipinski definition) is 3. The van der Waals surface area contributed by atoms with E-state index in [0.29, 0.717) is 10.9 Å². The third-order valence-electron chi connectivity index (χ3n) is 2.06. The van der Waals surface area contributed by atoms with Gasteiger partial charge in [-0.1, -0.05) is 12.1 Å². The standard InChI is InChI=1S/C10H9N3O2/c1-11-10(15)8-12-7-5-3-2-4-6(7)9(14)13-8/h2-5H,1H3,(H,11,15)(H,12,13,14). The fourth-order valence-electron chi connectivity index (χ4n) is 1.31. The van der Waals surface area contributed by atoms with E-state index in [4.69, 9.17) is 0 Å². The number of aromatic amines is 1. The highest BCUT2D eigenvalue weighted by atomic mass is 16.2. The van der Waals surface area contributed by atoms with Crippen LogP contribution in [-0.4, -0.2) is 22.9 Å². The van der Waals surface area contributed by atoms with Crippen molar-refractivity contribution < 1.29 is 4.79 Å². The van der Waals surface area contributed by atoms with Crippen molar-refractivity contribution in [2.75, 3.05) is 7.05 Å². The summed E-state index contributed by atoms with van der Waals surface area (Å²) in [6, 6.07) is 6.87. The Morgan fingerprint density at radius 3 is 2.87 bits per heavy atom. The van der Waals surface area contributed by atoms with E-state index >= 15 is 0 Å². The number of amides is 1. The maximum atomic E-state index is 11.5. The summed E-state index contributed by atoms with van der Waals surface area (Å²) in [5.41, 5.74) is 0.207. The quantitative estimate of drug-likeness (QED) is 0.699. The number of rotatable bonds is 1. The number of fused-ring (bicyclic) bond motifs is 1. The molecule has 0 aliphatic heterocycles. The zero-order valence-electron chi connectivity index (χ0n) is 8.07. The normalized spacial score (nSPS) is 10.2. The molecule has 2 N–H and O–H groups in total. The van der Waals surface area contributed by atoms with Crippen LogP contribution in [0.2, 0.25) is 0 Å². The molecule has 15 heavy (non-hydrogen) atoms. The molecule has 0 bridgehead atoms. The monoisotopic (exact) mass is 203 g/mol. The summed E-state index contributed by atoms with van der Waals surface area (Å²) in [7, 11) is 1.48. The predicted molar refractivity (Wildman–Crippen MR) is 55.8 cm³/mol. The molecule has 5 nitrogen and oxygen atoms in total. The highest BCUT2D eigenvalue weighted by Crippen LogP contribution is 2.05. The van der Waals surface area contributed by atoms with Crippen LogP contribution in [0.25, 0.3) is 10.9 Å². The van der Waals surface area contributed by atoms with Crippen molar-refractivity contribution in [2.45, 2.75) is 0 Å². The van der Waals surface area contributed by atoms with Gasteiger partial charge in [0.05, 0.1) is 10.9 Å². The molecule has 1 aromatic carbocycles. The largest absolute Gasteiger partial charge is 0.352 e. The van der Waals surface area contributed by atoms with Crippen molar-refractivity contribution in [1.82, 2.24) is 15.3 Å². The van der Waals surface area contributed by atoms with Gasteiger partial charge < -0.3 is 10.3 Å². The smallest absolute Gasteiger partial charge is 0.286 e. The van der Waals surface area contributed by atoms with E-state index in [0.717, 1.165) is 0 Å². The lowest BCUT2D eigenvalue weighted by Crippen LogP contribution is -2.24. The van der Waals surface area contributed by atoms with Gasteiger partial charge in [0, 0.05) is 7.05 Å². The number of benzene rings is 1. The molecule has 0 aliphatic carbocycles. The Labute approximate surface area is 85.2 Å². The molecule has 0 saturated heterocycles. The van der Waals surface area contributed by atoms with Crippen molar-refractivity contribution in [2.24, 2.45) is 0 Å². The van der Waals surface area contributed by atoms with Crippen molar-refractivity contribution in [3.05, 3.63) is 40.4 Å². The number of hydrogen-bond donors (Lipinski definition) is 2. The number of nitrogens with one attached hydrogen (secondary N) is 2. The van der Waals surface area contributed by atoms with Gasteiger partial charge >= 0.3 is 0 Å². The fraction of sp³-hybridized carbons (Fsp3) is 0.100. The van der Waals surface area contributed by atoms with Gasteiger partial charge in [-0.2, -0.15) is 0 Å². The Balaban J connectivity index is 2.73. The van der Waals surface area contributed by atoms with Gasteiger partial charge in [0.15, 0.2) is 5.82 Å². The molecule has 0 aliphatic rings. The van der Waals surface area contributed by atoms with Crippen LogP contribution in [0, 0.1) is 0 Å². The summed E-state index contributed by atoms with van der Waals surface area (Å²) < 4.78 is 0. The molecule has 1 amide bonds. The van der Waals surface area contributed by atoms with Crippen LogP contribution in [0.15, 0.2) is 29.1 Å². The fourth-order valence-corrected chi connectivity index (χ4v) is 1.31. The number of para-hydroxylation sites is 1. The predicted octanol–water partition coefficient (Wildman–Crippen LogP) is 0.283. The van der Waals surface area contributed by atoms with Crippen molar-refractivity contribution in [3.63, 3.8) is 0 Å². The SMILES string of the molecule is CNC(=O)c1nc2ccccc2c(=O)[nH]1. The Morgan fingerprint density at radius 1 is 1.40 bits per heavy atom. The Hall–Kier alpha value is -2.17. The highest BCUT2D eigenvalue weighted by Gasteiger charge is 2.08. The van der Waals surface area contributed by atoms with Crippen molar-refractivity contribution in [3.8, 4) is 0 Å². The molecular formula is C10H9N3O2. The molecule has 1 heterocycles. The zero-order valence-corrected chi connectivity index (χ0v) is 8.07. The first-order valence-corrected chi connectivity index (χ1v) is 4.43. The Kier molecular flexibility index (Phi) is 2.21. The number of H-pyrrole nitrogens is 1. The summed E-state index contributed by atoms with van der Waals surface area (Å²) in [5, 5.41) is 2.88. The maximum absolute atomic E-state index is 11.5. The molecular weight excluding hydrogens is 194 g/mol.